The zero-order chi connectivity index (χ0) is 11.8. The minimum atomic E-state index is 0.0244. The number of rotatable bonds is 0. The van der Waals surface area contributed by atoms with E-state index in [0.29, 0.717) is 0 Å². The van der Waals surface area contributed by atoms with E-state index < -0.39 is 0 Å². The second-order valence-electron chi connectivity index (χ2n) is 4.15. The predicted molar refractivity (Wildman–Crippen MR) is 69.8 cm³/mol. The Bertz CT molecular complexity index is 631. The van der Waals surface area contributed by atoms with E-state index in [1.165, 1.54) is 0 Å². The lowest BCUT2D eigenvalue weighted by molar-refractivity contribution is -0.116. The van der Waals surface area contributed by atoms with Gasteiger partial charge < -0.3 is 4.90 Å². The molecular formula is C14H12N2O. The quantitative estimate of drug-likeness (QED) is 0.675. The maximum absolute atomic E-state index is 11.8. The second-order valence-corrected chi connectivity index (χ2v) is 4.15. The van der Waals surface area contributed by atoms with Crippen molar-refractivity contribution in [3.8, 4) is 0 Å². The smallest absolute Gasteiger partial charge is 0.248 e. The Balaban J connectivity index is 2.38. The van der Waals surface area contributed by atoms with Crippen LogP contribution in [0.2, 0.25) is 0 Å². The van der Waals surface area contributed by atoms with Crippen molar-refractivity contribution in [2.75, 3.05) is 18.5 Å². The molecule has 1 aliphatic rings. The zero-order valence-corrected chi connectivity index (χ0v) is 9.55. The molecular weight excluding hydrogens is 212 g/mol. The summed E-state index contributed by atoms with van der Waals surface area (Å²) in [5, 5.41) is 2.23. The molecule has 3 nitrogen and oxygen atoms in total. The van der Waals surface area contributed by atoms with E-state index in [1.807, 2.05) is 31.3 Å². The Morgan fingerprint density at radius 3 is 2.88 bits per heavy atom. The zero-order valence-electron chi connectivity index (χ0n) is 9.55. The molecule has 3 heteroatoms. The van der Waals surface area contributed by atoms with Crippen LogP contribution in [-0.4, -0.2) is 25.7 Å². The molecule has 0 radical (unpaired) electrons. The summed E-state index contributed by atoms with van der Waals surface area (Å²) < 4.78 is 0. The average Bonchev–Trinajstić information content (AvgIpc) is 2.50. The summed E-state index contributed by atoms with van der Waals surface area (Å²) in [6, 6.07) is 12.2. The maximum atomic E-state index is 11.8. The van der Waals surface area contributed by atoms with Crippen LogP contribution in [0, 0.1) is 0 Å². The van der Waals surface area contributed by atoms with Gasteiger partial charge in [0, 0.05) is 24.2 Å². The highest BCUT2D eigenvalue weighted by molar-refractivity contribution is 6.11. The number of hydrogen-bond donors (Lipinski definition) is 0. The standard InChI is InChI=1S/C14H12N2O/c1-16-13(17)9-15-8-11-7-6-10-4-2-3-5-12(10)14(11)16/h2-8H,9H2,1H3. The van der Waals surface area contributed by atoms with E-state index in [2.05, 4.69) is 17.1 Å². The van der Waals surface area contributed by atoms with Gasteiger partial charge in [0.1, 0.15) is 6.54 Å². The highest BCUT2D eigenvalue weighted by atomic mass is 16.2. The lowest BCUT2D eigenvalue weighted by Gasteiger charge is -2.19. The number of likely N-dealkylation sites (N-methyl/N-ethyl adjacent to an activating group) is 1. The van der Waals surface area contributed by atoms with Gasteiger partial charge in [-0.2, -0.15) is 0 Å². The molecule has 0 bridgehead atoms. The van der Waals surface area contributed by atoms with E-state index in [4.69, 9.17) is 0 Å². The number of anilines is 1. The molecule has 0 atom stereocenters. The third-order valence-electron chi connectivity index (χ3n) is 3.10. The highest BCUT2D eigenvalue weighted by Crippen LogP contribution is 2.30. The average molecular weight is 224 g/mol. The van der Waals surface area contributed by atoms with Crippen LogP contribution in [-0.2, 0) is 4.79 Å². The molecule has 0 unspecified atom stereocenters. The molecule has 0 saturated heterocycles. The number of benzene rings is 2. The minimum absolute atomic E-state index is 0.0244. The molecule has 1 amide bonds. The van der Waals surface area contributed by atoms with Gasteiger partial charge in [0.15, 0.2) is 0 Å². The van der Waals surface area contributed by atoms with Crippen molar-refractivity contribution in [3.63, 3.8) is 0 Å². The molecule has 1 aliphatic heterocycles. The molecule has 2 aromatic rings. The molecule has 84 valence electrons. The summed E-state index contributed by atoms with van der Waals surface area (Å²) in [6.45, 7) is 0.222. The number of aliphatic imine (C=N–C) groups is 1. The van der Waals surface area contributed by atoms with Crippen molar-refractivity contribution in [3.05, 3.63) is 42.0 Å². The van der Waals surface area contributed by atoms with Crippen molar-refractivity contribution in [2.24, 2.45) is 4.99 Å². The lowest BCUT2D eigenvalue weighted by Crippen LogP contribution is -2.28. The van der Waals surface area contributed by atoms with Crippen molar-refractivity contribution in [1.29, 1.82) is 0 Å². The first-order chi connectivity index (χ1) is 8.27. The van der Waals surface area contributed by atoms with Crippen LogP contribution in [0.15, 0.2) is 41.4 Å². The van der Waals surface area contributed by atoms with Crippen molar-refractivity contribution >= 4 is 28.6 Å². The van der Waals surface area contributed by atoms with Crippen LogP contribution in [0.25, 0.3) is 10.8 Å². The fraction of sp³-hybridized carbons (Fsp3) is 0.143. The molecule has 3 rings (SSSR count). The number of nitrogens with zero attached hydrogens (tertiary/aromatic N) is 2. The SMILES string of the molecule is CN1C(=O)CN=Cc2ccc3ccccc3c21. The van der Waals surface area contributed by atoms with E-state index in [-0.39, 0.29) is 12.5 Å². The van der Waals surface area contributed by atoms with Crippen LogP contribution < -0.4 is 4.90 Å². The summed E-state index contributed by atoms with van der Waals surface area (Å²) in [4.78, 5) is 17.7. The molecule has 1 heterocycles. The molecule has 0 saturated carbocycles. The summed E-state index contributed by atoms with van der Waals surface area (Å²) >= 11 is 0. The van der Waals surface area contributed by atoms with Gasteiger partial charge in [-0.3, -0.25) is 9.79 Å². The Labute approximate surface area is 99.4 Å². The summed E-state index contributed by atoms with van der Waals surface area (Å²) in [5.41, 5.74) is 1.95. The van der Waals surface area contributed by atoms with Gasteiger partial charge in [0.05, 0.1) is 5.69 Å². The minimum Gasteiger partial charge on any atom is -0.313 e. The monoisotopic (exact) mass is 224 g/mol. The fourth-order valence-corrected chi connectivity index (χ4v) is 2.20. The Hall–Kier alpha value is -2.16. The largest absolute Gasteiger partial charge is 0.313 e. The van der Waals surface area contributed by atoms with E-state index >= 15 is 0 Å². The predicted octanol–water partition coefficient (Wildman–Crippen LogP) is 2.24. The van der Waals surface area contributed by atoms with Crippen LogP contribution in [0.3, 0.4) is 0 Å². The van der Waals surface area contributed by atoms with Crippen molar-refractivity contribution < 1.29 is 4.79 Å². The van der Waals surface area contributed by atoms with E-state index in [0.717, 1.165) is 22.0 Å². The molecule has 0 aromatic heterocycles. The molecule has 0 fully saturated rings. The molecule has 17 heavy (non-hydrogen) atoms. The highest BCUT2D eigenvalue weighted by Gasteiger charge is 2.18. The summed E-state index contributed by atoms with van der Waals surface area (Å²) in [6.07, 6.45) is 1.78. The van der Waals surface area contributed by atoms with Crippen LogP contribution >= 0.6 is 0 Å². The van der Waals surface area contributed by atoms with E-state index in [9.17, 15) is 4.79 Å². The third-order valence-corrected chi connectivity index (χ3v) is 3.10. The molecule has 0 spiro atoms. The molecule has 0 aliphatic carbocycles. The number of fused-ring (bicyclic) bond motifs is 3. The summed E-state index contributed by atoms with van der Waals surface area (Å²) in [7, 11) is 1.81. The third kappa shape index (κ3) is 1.51. The van der Waals surface area contributed by atoms with Gasteiger partial charge in [-0.05, 0) is 5.39 Å². The Morgan fingerprint density at radius 2 is 2.00 bits per heavy atom. The van der Waals surface area contributed by atoms with Crippen LogP contribution in [0.5, 0.6) is 0 Å². The van der Waals surface area contributed by atoms with Gasteiger partial charge in [-0.25, -0.2) is 0 Å². The van der Waals surface area contributed by atoms with E-state index in [1.54, 1.807) is 11.1 Å². The number of hydrogen-bond acceptors (Lipinski definition) is 2. The van der Waals surface area contributed by atoms with Crippen LogP contribution in [0.1, 0.15) is 5.56 Å². The van der Waals surface area contributed by atoms with Crippen molar-refractivity contribution in [1.82, 2.24) is 0 Å². The Kier molecular flexibility index (Phi) is 2.18. The molecule has 0 N–H and O–H groups in total. The van der Waals surface area contributed by atoms with Gasteiger partial charge in [-0.1, -0.05) is 36.4 Å². The summed E-state index contributed by atoms with van der Waals surface area (Å²) in [5.74, 6) is 0.0244. The Morgan fingerprint density at radius 1 is 1.18 bits per heavy atom. The topological polar surface area (TPSA) is 32.7 Å². The maximum Gasteiger partial charge on any atom is 0.248 e. The lowest BCUT2D eigenvalue weighted by atomic mass is 10.0. The number of amides is 1. The van der Waals surface area contributed by atoms with Gasteiger partial charge >= 0.3 is 0 Å². The van der Waals surface area contributed by atoms with Gasteiger partial charge in [-0.15, -0.1) is 0 Å². The van der Waals surface area contributed by atoms with Gasteiger partial charge in [0.25, 0.3) is 0 Å². The number of carbonyl (C=O) groups is 1. The second kappa shape index (κ2) is 3.70. The first-order valence-electron chi connectivity index (χ1n) is 5.55. The van der Waals surface area contributed by atoms with Gasteiger partial charge in [0.2, 0.25) is 5.91 Å². The number of carbonyl (C=O) groups excluding carboxylic acids is 1. The van der Waals surface area contributed by atoms with Crippen LogP contribution in [0.4, 0.5) is 5.69 Å². The molecule has 2 aromatic carbocycles. The fourth-order valence-electron chi connectivity index (χ4n) is 2.20. The first-order valence-corrected chi connectivity index (χ1v) is 5.55. The van der Waals surface area contributed by atoms with Crippen molar-refractivity contribution in [2.45, 2.75) is 0 Å². The first kappa shape index (κ1) is 10.0. The normalized spacial score (nSPS) is 14.9.